The van der Waals surface area contributed by atoms with E-state index in [1.165, 1.54) is 5.57 Å². The first-order valence-corrected chi connectivity index (χ1v) is 4.31. The molecule has 0 N–H and O–H groups in total. The molecule has 64 valence electrons. The van der Waals surface area contributed by atoms with Gasteiger partial charge in [0, 0.05) is 13.3 Å². The Morgan fingerprint density at radius 1 is 1.45 bits per heavy atom. The average Bonchev–Trinajstić information content (AvgIpc) is 1.87. The van der Waals surface area contributed by atoms with Gasteiger partial charge in [-0.25, -0.2) is 0 Å². The van der Waals surface area contributed by atoms with E-state index in [1.807, 2.05) is 13.3 Å². The summed E-state index contributed by atoms with van der Waals surface area (Å²) in [4.78, 5) is 4.01. The van der Waals surface area contributed by atoms with E-state index in [-0.39, 0.29) is 0 Å². The fraction of sp³-hybridized carbons (Fsp3) is 0.700. The number of hydrogen-bond acceptors (Lipinski definition) is 1. The predicted molar refractivity (Wildman–Crippen MR) is 52.2 cm³/mol. The molecule has 0 amide bonds. The fourth-order valence-corrected chi connectivity index (χ4v) is 1.09. The minimum atomic E-state index is 0.728. The maximum Gasteiger partial charge on any atom is 0.0277 e. The van der Waals surface area contributed by atoms with E-state index in [0.717, 1.165) is 18.8 Å². The second kappa shape index (κ2) is 6.14. The lowest BCUT2D eigenvalue weighted by atomic mass is 10.0. The van der Waals surface area contributed by atoms with Crippen LogP contribution in [0.1, 0.15) is 33.6 Å². The van der Waals surface area contributed by atoms with Gasteiger partial charge in [-0.05, 0) is 24.3 Å². The molecule has 11 heavy (non-hydrogen) atoms. The third kappa shape index (κ3) is 5.84. The largest absolute Gasteiger partial charge is 0.296 e. The summed E-state index contributed by atoms with van der Waals surface area (Å²) in [5.41, 5.74) is 1.37. The van der Waals surface area contributed by atoms with Crippen molar-refractivity contribution in [2.24, 2.45) is 10.9 Å². The predicted octanol–water partition coefficient (Wildman–Crippen LogP) is 3.07. The molecule has 0 rings (SSSR count). The Kier molecular flexibility index (Phi) is 5.81. The van der Waals surface area contributed by atoms with Gasteiger partial charge in [-0.1, -0.05) is 26.8 Å². The summed E-state index contributed by atoms with van der Waals surface area (Å²) in [6.45, 7) is 6.61. The number of rotatable bonds is 4. The Labute approximate surface area is 70.2 Å². The SMILES string of the molecule is CC/C=C(\C=NC)CC(C)C. The standard InChI is InChI=1S/C10H19N/c1-5-6-10(8-11-4)7-9(2)3/h6,8-9H,5,7H2,1-4H3/b10-6-,11-8?. The Bertz CT molecular complexity index is 143. The van der Waals surface area contributed by atoms with Crippen LogP contribution in [-0.2, 0) is 0 Å². The van der Waals surface area contributed by atoms with E-state index >= 15 is 0 Å². The monoisotopic (exact) mass is 153 g/mol. The van der Waals surface area contributed by atoms with Crippen LogP contribution in [0, 0.1) is 5.92 Å². The zero-order chi connectivity index (χ0) is 8.69. The molecule has 0 saturated carbocycles. The van der Waals surface area contributed by atoms with Crippen LogP contribution in [0.15, 0.2) is 16.6 Å². The first kappa shape index (κ1) is 10.4. The van der Waals surface area contributed by atoms with Gasteiger partial charge in [0.2, 0.25) is 0 Å². The number of nitrogens with zero attached hydrogens (tertiary/aromatic N) is 1. The Morgan fingerprint density at radius 3 is 2.45 bits per heavy atom. The maximum atomic E-state index is 4.01. The summed E-state index contributed by atoms with van der Waals surface area (Å²) < 4.78 is 0. The number of hydrogen-bond donors (Lipinski definition) is 0. The van der Waals surface area contributed by atoms with Crippen molar-refractivity contribution >= 4 is 6.21 Å². The van der Waals surface area contributed by atoms with E-state index < -0.39 is 0 Å². The van der Waals surface area contributed by atoms with E-state index in [1.54, 1.807) is 0 Å². The first-order chi connectivity index (χ1) is 5.20. The van der Waals surface area contributed by atoms with E-state index in [2.05, 4.69) is 31.8 Å². The lowest BCUT2D eigenvalue weighted by Gasteiger charge is -2.03. The summed E-state index contributed by atoms with van der Waals surface area (Å²) in [6.07, 6.45) is 6.45. The minimum Gasteiger partial charge on any atom is -0.296 e. The molecule has 0 aromatic carbocycles. The number of aliphatic imine (C=N–C) groups is 1. The maximum absolute atomic E-state index is 4.01. The molecule has 0 spiro atoms. The van der Waals surface area contributed by atoms with Crippen LogP contribution in [0.4, 0.5) is 0 Å². The topological polar surface area (TPSA) is 12.4 Å². The second-order valence-corrected chi connectivity index (χ2v) is 3.17. The molecule has 0 radical (unpaired) electrons. The molecule has 0 bridgehead atoms. The van der Waals surface area contributed by atoms with Crippen molar-refractivity contribution in [3.63, 3.8) is 0 Å². The molecule has 0 saturated heterocycles. The van der Waals surface area contributed by atoms with Gasteiger partial charge in [0.1, 0.15) is 0 Å². The van der Waals surface area contributed by atoms with E-state index in [0.29, 0.717) is 0 Å². The molecule has 0 unspecified atom stereocenters. The quantitative estimate of drug-likeness (QED) is 0.550. The molecule has 0 atom stereocenters. The van der Waals surface area contributed by atoms with Gasteiger partial charge in [0.25, 0.3) is 0 Å². The van der Waals surface area contributed by atoms with Crippen LogP contribution in [0.2, 0.25) is 0 Å². The molecule has 0 aliphatic carbocycles. The van der Waals surface area contributed by atoms with Crippen molar-refractivity contribution in [3.05, 3.63) is 11.6 Å². The second-order valence-electron chi connectivity index (χ2n) is 3.17. The molecular weight excluding hydrogens is 134 g/mol. The van der Waals surface area contributed by atoms with Crippen LogP contribution in [0.3, 0.4) is 0 Å². The molecule has 0 aliphatic rings. The highest BCUT2D eigenvalue weighted by atomic mass is 14.6. The van der Waals surface area contributed by atoms with Gasteiger partial charge in [0.05, 0.1) is 0 Å². The molecular formula is C10H19N. The summed E-state index contributed by atoms with van der Waals surface area (Å²) in [7, 11) is 1.82. The zero-order valence-electron chi connectivity index (χ0n) is 8.09. The smallest absolute Gasteiger partial charge is 0.0277 e. The van der Waals surface area contributed by atoms with Gasteiger partial charge in [-0.2, -0.15) is 0 Å². The molecule has 0 aromatic rings. The Hall–Kier alpha value is -0.590. The van der Waals surface area contributed by atoms with Crippen molar-refractivity contribution in [2.45, 2.75) is 33.6 Å². The van der Waals surface area contributed by atoms with Gasteiger partial charge in [-0.3, -0.25) is 4.99 Å². The van der Waals surface area contributed by atoms with Gasteiger partial charge >= 0.3 is 0 Å². The summed E-state index contributed by atoms with van der Waals surface area (Å²) in [6, 6.07) is 0. The van der Waals surface area contributed by atoms with Crippen molar-refractivity contribution in [1.82, 2.24) is 0 Å². The summed E-state index contributed by atoms with van der Waals surface area (Å²) >= 11 is 0. The minimum absolute atomic E-state index is 0.728. The first-order valence-electron chi connectivity index (χ1n) is 4.31. The highest BCUT2D eigenvalue weighted by molar-refractivity contribution is 5.78. The molecule has 0 aromatic heterocycles. The average molecular weight is 153 g/mol. The van der Waals surface area contributed by atoms with Crippen molar-refractivity contribution < 1.29 is 0 Å². The fourth-order valence-electron chi connectivity index (χ4n) is 1.09. The van der Waals surface area contributed by atoms with Crippen LogP contribution in [0.25, 0.3) is 0 Å². The zero-order valence-corrected chi connectivity index (χ0v) is 8.09. The van der Waals surface area contributed by atoms with E-state index in [4.69, 9.17) is 0 Å². The molecule has 0 aliphatic heterocycles. The third-order valence-corrected chi connectivity index (χ3v) is 1.41. The van der Waals surface area contributed by atoms with Crippen LogP contribution in [-0.4, -0.2) is 13.3 Å². The summed E-state index contributed by atoms with van der Waals surface area (Å²) in [5, 5.41) is 0. The van der Waals surface area contributed by atoms with Crippen LogP contribution in [0.5, 0.6) is 0 Å². The summed E-state index contributed by atoms with van der Waals surface area (Å²) in [5.74, 6) is 0.728. The van der Waals surface area contributed by atoms with Crippen molar-refractivity contribution in [1.29, 1.82) is 0 Å². The highest BCUT2D eigenvalue weighted by Gasteiger charge is 1.96. The van der Waals surface area contributed by atoms with Crippen LogP contribution < -0.4 is 0 Å². The molecule has 0 fully saturated rings. The number of allylic oxidation sites excluding steroid dienone is 2. The van der Waals surface area contributed by atoms with Gasteiger partial charge in [0.15, 0.2) is 0 Å². The third-order valence-electron chi connectivity index (χ3n) is 1.41. The lowest BCUT2D eigenvalue weighted by Crippen LogP contribution is -1.92. The van der Waals surface area contributed by atoms with Gasteiger partial charge in [-0.15, -0.1) is 0 Å². The molecule has 0 heterocycles. The van der Waals surface area contributed by atoms with Crippen molar-refractivity contribution in [2.75, 3.05) is 7.05 Å². The highest BCUT2D eigenvalue weighted by Crippen LogP contribution is 2.09. The Morgan fingerprint density at radius 2 is 2.09 bits per heavy atom. The molecule has 1 heteroatoms. The normalized spacial score (nSPS) is 13.4. The van der Waals surface area contributed by atoms with Crippen molar-refractivity contribution in [3.8, 4) is 0 Å². The lowest BCUT2D eigenvalue weighted by molar-refractivity contribution is 0.653. The molecule has 1 nitrogen and oxygen atoms in total. The Balaban J connectivity index is 4.00. The van der Waals surface area contributed by atoms with Gasteiger partial charge < -0.3 is 0 Å². The van der Waals surface area contributed by atoms with Crippen LogP contribution >= 0.6 is 0 Å². The van der Waals surface area contributed by atoms with E-state index in [9.17, 15) is 0 Å².